The van der Waals surface area contributed by atoms with Gasteiger partial charge in [0.1, 0.15) is 5.69 Å². The maximum atomic E-state index is 13.6. The number of halogens is 5. The van der Waals surface area contributed by atoms with Gasteiger partial charge in [0.05, 0.1) is 6.10 Å². The molecular formula is C14H16F5NO. The second kappa shape index (κ2) is 6.60. The highest BCUT2D eigenvalue weighted by molar-refractivity contribution is 5.48. The molecule has 0 saturated carbocycles. The maximum Gasteiger partial charge on any atom is 0.200 e. The Morgan fingerprint density at radius 3 is 2.14 bits per heavy atom. The zero-order valence-corrected chi connectivity index (χ0v) is 11.5. The van der Waals surface area contributed by atoms with Crippen LogP contribution in [0, 0.1) is 29.1 Å². The smallest absolute Gasteiger partial charge is 0.200 e. The first-order valence-corrected chi connectivity index (χ1v) is 6.85. The Bertz CT molecular complexity index is 492. The summed E-state index contributed by atoms with van der Waals surface area (Å²) in [6.07, 6.45) is 2.52. The zero-order valence-electron chi connectivity index (χ0n) is 11.5. The van der Waals surface area contributed by atoms with Crippen LogP contribution in [0.15, 0.2) is 0 Å². The Kier molecular flexibility index (Phi) is 5.03. The highest BCUT2D eigenvalue weighted by atomic mass is 19.2. The van der Waals surface area contributed by atoms with Gasteiger partial charge in [-0.1, -0.05) is 13.3 Å². The maximum absolute atomic E-state index is 13.6. The van der Waals surface area contributed by atoms with Crippen molar-refractivity contribution in [1.29, 1.82) is 0 Å². The fraction of sp³-hybridized carbons (Fsp3) is 0.571. The molecule has 2 rings (SSSR count). The molecular weight excluding hydrogens is 293 g/mol. The SMILES string of the molecule is CCCC1CC(Nc2c(F)c(F)c(F)c(F)c2F)CCO1. The Morgan fingerprint density at radius 2 is 1.57 bits per heavy atom. The number of rotatable bonds is 4. The van der Waals surface area contributed by atoms with Crippen LogP contribution < -0.4 is 5.32 Å². The van der Waals surface area contributed by atoms with Crippen LogP contribution in [0.4, 0.5) is 27.6 Å². The molecule has 0 aromatic heterocycles. The molecule has 1 aromatic carbocycles. The molecule has 2 atom stereocenters. The molecule has 1 fully saturated rings. The van der Waals surface area contributed by atoms with Gasteiger partial charge in [0.15, 0.2) is 23.3 Å². The summed E-state index contributed by atoms with van der Waals surface area (Å²) in [6, 6.07) is -0.386. The van der Waals surface area contributed by atoms with Crippen molar-refractivity contribution in [1.82, 2.24) is 0 Å². The molecule has 0 spiro atoms. The lowest BCUT2D eigenvalue weighted by Gasteiger charge is -2.31. The molecule has 118 valence electrons. The van der Waals surface area contributed by atoms with Gasteiger partial charge in [-0.25, -0.2) is 22.0 Å². The van der Waals surface area contributed by atoms with Crippen LogP contribution >= 0.6 is 0 Å². The second-order valence-corrected chi connectivity index (χ2v) is 5.09. The summed E-state index contributed by atoms with van der Waals surface area (Å²) in [5.74, 6) is -9.68. The van der Waals surface area contributed by atoms with Crippen molar-refractivity contribution in [3.05, 3.63) is 29.1 Å². The number of anilines is 1. The lowest BCUT2D eigenvalue weighted by atomic mass is 9.99. The van der Waals surface area contributed by atoms with Crippen molar-refractivity contribution in [2.75, 3.05) is 11.9 Å². The summed E-state index contributed by atoms with van der Waals surface area (Å²) in [6.45, 7) is 2.36. The molecule has 1 N–H and O–H groups in total. The van der Waals surface area contributed by atoms with Crippen LogP contribution in [-0.2, 0) is 4.74 Å². The third-order valence-corrected chi connectivity index (χ3v) is 3.54. The average Bonchev–Trinajstić information content (AvgIpc) is 2.48. The van der Waals surface area contributed by atoms with Gasteiger partial charge in [-0.2, -0.15) is 0 Å². The van der Waals surface area contributed by atoms with Crippen LogP contribution in [0.3, 0.4) is 0 Å². The van der Waals surface area contributed by atoms with E-state index in [-0.39, 0.29) is 12.1 Å². The van der Waals surface area contributed by atoms with E-state index >= 15 is 0 Å². The molecule has 1 heterocycles. The molecule has 0 aliphatic carbocycles. The van der Waals surface area contributed by atoms with Gasteiger partial charge >= 0.3 is 0 Å². The molecule has 2 unspecified atom stereocenters. The number of hydrogen-bond acceptors (Lipinski definition) is 2. The van der Waals surface area contributed by atoms with Crippen LogP contribution in [0.25, 0.3) is 0 Å². The number of nitrogens with one attached hydrogen (secondary N) is 1. The van der Waals surface area contributed by atoms with Crippen LogP contribution in [0.2, 0.25) is 0 Å². The van der Waals surface area contributed by atoms with E-state index in [1.165, 1.54) is 0 Å². The first kappa shape index (κ1) is 16.0. The van der Waals surface area contributed by atoms with E-state index in [2.05, 4.69) is 5.32 Å². The van der Waals surface area contributed by atoms with Crippen molar-refractivity contribution >= 4 is 5.69 Å². The minimum absolute atomic E-state index is 0.0671. The Hall–Kier alpha value is -1.37. The molecule has 1 aliphatic heterocycles. The number of benzene rings is 1. The van der Waals surface area contributed by atoms with Crippen molar-refractivity contribution < 1.29 is 26.7 Å². The third-order valence-electron chi connectivity index (χ3n) is 3.54. The highest BCUT2D eigenvalue weighted by Crippen LogP contribution is 2.29. The topological polar surface area (TPSA) is 21.3 Å². The summed E-state index contributed by atoms with van der Waals surface area (Å²) < 4.78 is 71.9. The van der Waals surface area contributed by atoms with Gasteiger partial charge in [0.2, 0.25) is 5.82 Å². The van der Waals surface area contributed by atoms with Gasteiger partial charge in [0, 0.05) is 12.6 Å². The minimum atomic E-state index is -2.15. The first-order valence-electron chi connectivity index (χ1n) is 6.85. The van der Waals surface area contributed by atoms with Gasteiger partial charge in [-0.3, -0.25) is 0 Å². The standard InChI is InChI=1S/C14H16F5NO/c1-2-3-8-6-7(4-5-21-8)20-14-12(18)10(16)9(15)11(17)13(14)19/h7-8,20H,2-6H2,1H3. The van der Waals surface area contributed by atoms with Crippen LogP contribution in [0.1, 0.15) is 32.6 Å². The largest absolute Gasteiger partial charge is 0.378 e. The normalized spacial score (nSPS) is 22.4. The van der Waals surface area contributed by atoms with Gasteiger partial charge in [-0.15, -0.1) is 0 Å². The van der Waals surface area contributed by atoms with E-state index in [1.807, 2.05) is 6.92 Å². The second-order valence-electron chi connectivity index (χ2n) is 5.09. The van der Waals surface area contributed by atoms with E-state index in [4.69, 9.17) is 4.74 Å². The van der Waals surface area contributed by atoms with E-state index in [0.717, 1.165) is 12.8 Å². The van der Waals surface area contributed by atoms with E-state index < -0.39 is 34.8 Å². The molecule has 1 saturated heterocycles. The van der Waals surface area contributed by atoms with Crippen LogP contribution in [-0.4, -0.2) is 18.8 Å². The van der Waals surface area contributed by atoms with Gasteiger partial charge in [0.25, 0.3) is 0 Å². The minimum Gasteiger partial charge on any atom is -0.378 e. The van der Waals surface area contributed by atoms with Crippen molar-refractivity contribution in [2.24, 2.45) is 0 Å². The summed E-state index contributed by atoms with van der Waals surface area (Å²) >= 11 is 0. The van der Waals surface area contributed by atoms with E-state index in [9.17, 15) is 22.0 Å². The Morgan fingerprint density at radius 1 is 1.00 bits per heavy atom. The van der Waals surface area contributed by atoms with Gasteiger partial charge < -0.3 is 10.1 Å². The lowest BCUT2D eigenvalue weighted by molar-refractivity contribution is 0.00587. The molecule has 2 nitrogen and oxygen atoms in total. The monoisotopic (exact) mass is 309 g/mol. The summed E-state index contributed by atoms with van der Waals surface area (Å²) in [4.78, 5) is 0. The Balaban J connectivity index is 2.20. The van der Waals surface area contributed by atoms with E-state index in [0.29, 0.717) is 19.4 Å². The fourth-order valence-electron chi connectivity index (χ4n) is 2.47. The molecule has 0 radical (unpaired) electrons. The summed E-state index contributed by atoms with van der Waals surface area (Å²) in [5, 5.41) is 2.44. The molecule has 7 heteroatoms. The Labute approximate surface area is 119 Å². The predicted molar refractivity (Wildman–Crippen MR) is 67.5 cm³/mol. The van der Waals surface area contributed by atoms with Crippen molar-refractivity contribution in [3.63, 3.8) is 0 Å². The summed E-state index contributed by atoms with van der Waals surface area (Å²) in [5.41, 5.74) is -0.964. The summed E-state index contributed by atoms with van der Waals surface area (Å²) in [7, 11) is 0. The zero-order chi connectivity index (χ0) is 15.6. The third kappa shape index (κ3) is 3.28. The van der Waals surface area contributed by atoms with Crippen molar-refractivity contribution in [3.8, 4) is 0 Å². The molecule has 0 bridgehead atoms. The number of ether oxygens (including phenoxy) is 1. The molecule has 0 amide bonds. The quantitative estimate of drug-likeness (QED) is 0.513. The fourth-order valence-corrected chi connectivity index (χ4v) is 2.47. The van der Waals surface area contributed by atoms with Crippen LogP contribution in [0.5, 0.6) is 0 Å². The average molecular weight is 309 g/mol. The predicted octanol–water partition coefficient (Wildman–Crippen LogP) is 4.14. The van der Waals surface area contributed by atoms with Gasteiger partial charge in [-0.05, 0) is 19.3 Å². The van der Waals surface area contributed by atoms with Crippen molar-refractivity contribution in [2.45, 2.75) is 44.8 Å². The lowest BCUT2D eigenvalue weighted by Crippen LogP contribution is -2.34. The molecule has 21 heavy (non-hydrogen) atoms. The molecule has 1 aromatic rings. The molecule has 1 aliphatic rings. The first-order chi connectivity index (χ1) is 9.95. The highest BCUT2D eigenvalue weighted by Gasteiger charge is 2.29. The van der Waals surface area contributed by atoms with E-state index in [1.54, 1.807) is 0 Å². The number of hydrogen-bond donors (Lipinski definition) is 1.